The number of hydrogen-bond acceptors (Lipinski definition) is 7. The summed E-state index contributed by atoms with van der Waals surface area (Å²) in [6.07, 6.45) is 4.12. The van der Waals surface area contributed by atoms with Crippen molar-refractivity contribution < 1.29 is 9.66 Å². The van der Waals surface area contributed by atoms with Gasteiger partial charge in [-0.1, -0.05) is 42.5 Å². The van der Waals surface area contributed by atoms with Crippen LogP contribution in [0.15, 0.2) is 60.8 Å². The zero-order chi connectivity index (χ0) is 25.2. The first-order valence-corrected chi connectivity index (χ1v) is 12.1. The molecule has 9 nitrogen and oxygen atoms in total. The Bertz CT molecular complexity index is 1460. The first-order chi connectivity index (χ1) is 17.4. The van der Waals surface area contributed by atoms with Crippen LogP contribution in [0.2, 0.25) is 0 Å². The molecule has 0 amide bonds. The first-order valence-electron chi connectivity index (χ1n) is 11.7. The number of aromatic nitrogens is 2. The topological polar surface area (TPSA) is 134 Å². The maximum atomic E-state index is 11.0. The summed E-state index contributed by atoms with van der Waals surface area (Å²) >= 11 is 5.19. The van der Waals surface area contributed by atoms with Gasteiger partial charge < -0.3 is 26.1 Å². The van der Waals surface area contributed by atoms with Gasteiger partial charge in [0.05, 0.1) is 4.92 Å². The van der Waals surface area contributed by atoms with Gasteiger partial charge in [-0.15, -0.1) is 0 Å². The van der Waals surface area contributed by atoms with E-state index in [0.717, 1.165) is 59.2 Å². The van der Waals surface area contributed by atoms with Crippen molar-refractivity contribution in [2.24, 2.45) is 5.73 Å². The Morgan fingerprint density at radius 2 is 2.00 bits per heavy atom. The van der Waals surface area contributed by atoms with Crippen LogP contribution in [0, 0.1) is 10.1 Å². The van der Waals surface area contributed by atoms with Crippen molar-refractivity contribution >= 4 is 45.4 Å². The summed E-state index contributed by atoms with van der Waals surface area (Å²) in [5.74, 6) is 0.367. The fourth-order valence-corrected chi connectivity index (χ4v) is 4.78. The lowest BCUT2D eigenvalue weighted by atomic mass is 10.0. The average molecular weight is 503 g/mol. The van der Waals surface area contributed by atoms with Crippen LogP contribution in [-0.2, 0) is 11.3 Å². The zero-order valence-corrected chi connectivity index (χ0v) is 20.3. The lowest BCUT2D eigenvalue weighted by molar-refractivity contribution is -0.384. The van der Waals surface area contributed by atoms with Gasteiger partial charge in [-0.3, -0.25) is 10.1 Å². The predicted molar refractivity (Wildman–Crippen MR) is 145 cm³/mol. The van der Waals surface area contributed by atoms with E-state index in [9.17, 15) is 10.1 Å². The van der Waals surface area contributed by atoms with Gasteiger partial charge in [0, 0.05) is 60.1 Å². The quantitative estimate of drug-likeness (QED) is 0.187. The molecule has 0 aliphatic carbocycles. The smallest absolute Gasteiger partial charge is 0.311 e. The van der Waals surface area contributed by atoms with Crippen LogP contribution in [0.5, 0.6) is 0 Å². The number of nitrogen functional groups attached to an aromatic ring is 1. The van der Waals surface area contributed by atoms with Crippen molar-refractivity contribution in [3.8, 4) is 11.1 Å². The molecule has 10 heteroatoms. The molecule has 2 aromatic heterocycles. The molecule has 0 radical (unpaired) electrons. The van der Waals surface area contributed by atoms with Crippen molar-refractivity contribution in [1.29, 1.82) is 0 Å². The number of nitrogens with zero attached hydrogens (tertiary/aromatic N) is 3. The summed E-state index contributed by atoms with van der Waals surface area (Å²) in [6, 6.07) is 17.6. The minimum atomic E-state index is -0.543. The van der Waals surface area contributed by atoms with Crippen molar-refractivity contribution in [2.75, 3.05) is 24.3 Å². The lowest BCUT2D eigenvalue weighted by Gasteiger charge is -2.24. The monoisotopic (exact) mass is 502 g/mol. The van der Waals surface area contributed by atoms with Crippen molar-refractivity contribution in [3.63, 3.8) is 0 Å². The molecule has 1 fully saturated rings. The number of rotatable bonds is 7. The second-order valence-electron chi connectivity index (χ2n) is 8.80. The fourth-order valence-electron chi connectivity index (χ4n) is 4.66. The minimum absolute atomic E-state index is 0.113. The van der Waals surface area contributed by atoms with Crippen LogP contribution in [0.4, 0.5) is 17.3 Å². The molecule has 2 aromatic carbocycles. The van der Waals surface area contributed by atoms with Gasteiger partial charge in [-0.25, -0.2) is 4.98 Å². The Kier molecular flexibility index (Phi) is 6.53. The van der Waals surface area contributed by atoms with Gasteiger partial charge in [-0.2, -0.15) is 0 Å². The Hall–Kier alpha value is -4.02. The average Bonchev–Trinajstić information content (AvgIpc) is 3.27. The number of benzene rings is 2. The van der Waals surface area contributed by atoms with Crippen LogP contribution in [0.25, 0.3) is 22.0 Å². The minimum Gasteiger partial charge on any atom is -0.389 e. The van der Waals surface area contributed by atoms with Gasteiger partial charge in [0.2, 0.25) is 5.82 Å². The molecule has 1 aliphatic heterocycles. The summed E-state index contributed by atoms with van der Waals surface area (Å²) in [4.78, 5) is 14.9. The van der Waals surface area contributed by atoms with Crippen LogP contribution in [0.1, 0.15) is 30.0 Å². The van der Waals surface area contributed by atoms with E-state index in [2.05, 4.69) is 45.3 Å². The summed E-state index contributed by atoms with van der Waals surface area (Å²) in [5, 5.41) is 15.4. The molecule has 36 heavy (non-hydrogen) atoms. The molecule has 4 aromatic rings. The maximum absolute atomic E-state index is 11.0. The molecule has 5 rings (SSSR count). The molecule has 1 saturated heterocycles. The summed E-state index contributed by atoms with van der Waals surface area (Å²) in [7, 11) is 0. The standard InChI is InChI=1S/C26H26N6O3S/c27-25-22(32(33)34)6-7-24(30-25)29-14-16-4-5-20-21(17-2-1-3-18(13-17)26(28)36)15-31(23(20)12-16)19-8-10-35-11-9-19/h1-7,12-13,15,19H,8-11,14H2,(H2,28,36)(H3,27,29,30). The molecule has 0 unspecified atom stereocenters. The van der Waals surface area contributed by atoms with Crippen LogP contribution < -0.4 is 16.8 Å². The number of fused-ring (bicyclic) bond motifs is 1. The summed E-state index contributed by atoms with van der Waals surface area (Å²) in [5.41, 5.74) is 16.6. The number of nitrogens with two attached hydrogens (primary N) is 2. The number of anilines is 2. The molecule has 0 saturated carbocycles. The maximum Gasteiger partial charge on any atom is 0.311 e. The molecular formula is C26H26N6O3S. The zero-order valence-electron chi connectivity index (χ0n) is 19.5. The highest BCUT2D eigenvalue weighted by Gasteiger charge is 2.20. The van der Waals surface area contributed by atoms with E-state index < -0.39 is 4.92 Å². The van der Waals surface area contributed by atoms with Crippen molar-refractivity contribution in [3.05, 3.63) is 82.0 Å². The van der Waals surface area contributed by atoms with Gasteiger partial charge in [0.25, 0.3) is 0 Å². The number of nitro groups is 1. The third-order valence-corrected chi connectivity index (χ3v) is 6.75. The van der Waals surface area contributed by atoms with Crippen LogP contribution in [0.3, 0.4) is 0 Å². The molecule has 3 heterocycles. The van der Waals surface area contributed by atoms with Gasteiger partial charge >= 0.3 is 5.69 Å². The van der Waals surface area contributed by atoms with Crippen molar-refractivity contribution in [1.82, 2.24) is 9.55 Å². The van der Waals surface area contributed by atoms with E-state index in [1.54, 1.807) is 6.07 Å². The third kappa shape index (κ3) is 4.73. The highest BCUT2D eigenvalue weighted by molar-refractivity contribution is 7.80. The molecule has 5 N–H and O–H groups in total. The largest absolute Gasteiger partial charge is 0.389 e. The Morgan fingerprint density at radius 3 is 2.72 bits per heavy atom. The number of nitrogens with one attached hydrogen (secondary N) is 1. The van der Waals surface area contributed by atoms with Gasteiger partial charge in [0.15, 0.2) is 0 Å². The van der Waals surface area contributed by atoms with E-state index in [1.165, 1.54) is 6.07 Å². The van der Waals surface area contributed by atoms with Gasteiger partial charge in [0.1, 0.15) is 10.8 Å². The Morgan fingerprint density at radius 1 is 1.19 bits per heavy atom. The predicted octanol–water partition coefficient (Wildman–Crippen LogP) is 4.79. The fraction of sp³-hybridized carbons (Fsp3) is 0.231. The Labute approximate surface area is 213 Å². The normalized spacial score (nSPS) is 14.1. The molecule has 0 bridgehead atoms. The highest BCUT2D eigenvalue weighted by Crippen LogP contribution is 2.36. The summed E-state index contributed by atoms with van der Waals surface area (Å²) < 4.78 is 7.95. The van der Waals surface area contributed by atoms with E-state index >= 15 is 0 Å². The second-order valence-corrected chi connectivity index (χ2v) is 9.24. The third-order valence-electron chi connectivity index (χ3n) is 6.51. The van der Waals surface area contributed by atoms with E-state index in [4.69, 9.17) is 28.4 Å². The van der Waals surface area contributed by atoms with Crippen molar-refractivity contribution in [2.45, 2.75) is 25.4 Å². The molecule has 0 spiro atoms. The number of pyridine rings is 1. The lowest BCUT2D eigenvalue weighted by Crippen LogP contribution is -2.19. The SMILES string of the molecule is NC(=S)c1cccc(-c2cn(C3CCOCC3)c3cc(CNc4ccc([N+](=O)[O-])c(N)n4)ccc23)c1. The van der Waals surface area contributed by atoms with E-state index in [-0.39, 0.29) is 11.5 Å². The number of hydrogen-bond donors (Lipinski definition) is 3. The Balaban J connectivity index is 1.50. The second kappa shape index (κ2) is 9.92. The first kappa shape index (κ1) is 23.7. The summed E-state index contributed by atoms with van der Waals surface area (Å²) in [6.45, 7) is 1.97. The van der Waals surface area contributed by atoms with Gasteiger partial charge in [-0.05, 0) is 42.2 Å². The molecule has 1 aliphatic rings. The highest BCUT2D eigenvalue weighted by atomic mass is 32.1. The van der Waals surface area contributed by atoms with E-state index in [1.807, 2.05) is 18.2 Å². The number of thiocarbonyl (C=S) groups is 1. The molecule has 0 atom stereocenters. The molecule has 184 valence electrons. The number of ether oxygens (including phenoxy) is 1. The van der Waals surface area contributed by atoms with Crippen LogP contribution in [-0.4, -0.2) is 32.7 Å². The van der Waals surface area contributed by atoms with E-state index in [0.29, 0.717) is 23.4 Å². The molecular weight excluding hydrogens is 476 g/mol. The van der Waals surface area contributed by atoms with Crippen LogP contribution >= 0.6 is 12.2 Å².